The van der Waals surface area contributed by atoms with Crippen LogP contribution in [-0.4, -0.2) is 14.9 Å². The molecule has 94 valence electrons. The van der Waals surface area contributed by atoms with Crippen molar-refractivity contribution in [1.29, 1.82) is 0 Å². The average Bonchev–Trinajstić information content (AvgIpc) is 2.84. The topological polar surface area (TPSA) is 94.9 Å². The number of nitrogen functional groups attached to an aromatic ring is 1. The summed E-state index contributed by atoms with van der Waals surface area (Å²) in [6, 6.07) is 6.43. The van der Waals surface area contributed by atoms with E-state index in [2.05, 4.69) is 9.97 Å². The lowest BCUT2D eigenvalue weighted by atomic mass is 10.1. The minimum atomic E-state index is -0.419. The van der Waals surface area contributed by atoms with E-state index in [4.69, 9.17) is 5.73 Å². The second-order valence-electron chi connectivity index (χ2n) is 3.90. The normalized spacial score (nSPS) is 10.7. The fraction of sp³-hybridized carbons (Fsp3) is 0. The summed E-state index contributed by atoms with van der Waals surface area (Å²) in [4.78, 5) is 19.3. The minimum absolute atomic E-state index is 0.0484. The summed E-state index contributed by atoms with van der Waals surface area (Å²) < 4.78 is 0. The molecule has 0 spiro atoms. The van der Waals surface area contributed by atoms with Crippen LogP contribution in [0.25, 0.3) is 21.3 Å². The molecule has 0 saturated heterocycles. The zero-order chi connectivity index (χ0) is 13.4. The Labute approximate surface area is 111 Å². The molecule has 2 N–H and O–H groups in total. The molecule has 0 bridgehead atoms. The summed E-state index contributed by atoms with van der Waals surface area (Å²) in [7, 11) is 0. The number of nitrogens with two attached hydrogens (primary N) is 1. The Bertz CT molecular complexity index is 784. The number of hydrogen-bond donors (Lipinski definition) is 1. The molecule has 0 atom stereocenters. The maximum absolute atomic E-state index is 10.8. The number of nitrogens with zero attached hydrogens (tertiary/aromatic N) is 3. The van der Waals surface area contributed by atoms with Crippen LogP contribution in [0.1, 0.15) is 0 Å². The second-order valence-corrected chi connectivity index (χ2v) is 4.75. The van der Waals surface area contributed by atoms with Crippen LogP contribution in [0.4, 0.5) is 11.5 Å². The highest BCUT2D eigenvalue weighted by Crippen LogP contribution is 2.36. The van der Waals surface area contributed by atoms with E-state index in [-0.39, 0.29) is 5.69 Å². The highest BCUT2D eigenvalue weighted by atomic mass is 32.1. The third-order valence-electron chi connectivity index (χ3n) is 2.77. The molecular weight excluding hydrogens is 264 g/mol. The van der Waals surface area contributed by atoms with Gasteiger partial charge in [0.15, 0.2) is 0 Å². The van der Waals surface area contributed by atoms with Crippen LogP contribution in [0.5, 0.6) is 0 Å². The van der Waals surface area contributed by atoms with Crippen LogP contribution in [0.2, 0.25) is 0 Å². The first-order valence-electron chi connectivity index (χ1n) is 5.39. The Morgan fingerprint density at radius 1 is 1.32 bits per heavy atom. The number of anilines is 1. The van der Waals surface area contributed by atoms with Gasteiger partial charge in [-0.05, 0) is 5.56 Å². The predicted octanol–water partition coefficient (Wildman–Crippen LogP) is 2.85. The molecule has 0 saturated carbocycles. The molecule has 3 rings (SSSR count). The van der Waals surface area contributed by atoms with Crippen LogP contribution in [0, 0.1) is 10.1 Å². The van der Waals surface area contributed by atoms with Crippen LogP contribution >= 0.6 is 11.3 Å². The van der Waals surface area contributed by atoms with Gasteiger partial charge in [-0.1, -0.05) is 12.1 Å². The van der Waals surface area contributed by atoms with Gasteiger partial charge in [-0.2, -0.15) is 0 Å². The van der Waals surface area contributed by atoms with Crippen molar-refractivity contribution in [3.63, 3.8) is 0 Å². The third kappa shape index (κ3) is 1.89. The number of thiophene rings is 1. The molecule has 19 heavy (non-hydrogen) atoms. The number of aromatic nitrogens is 2. The van der Waals surface area contributed by atoms with E-state index >= 15 is 0 Å². The van der Waals surface area contributed by atoms with Crippen molar-refractivity contribution in [1.82, 2.24) is 9.97 Å². The molecule has 0 aliphatic carbocycles. The number of hydrogen-bond acceptors (Lipinski definition) is 6. The smallest absolute Gasteiger partial charge is 0.270 e. The van der Waals surface area contributed by atoms with E-state index in [0.29, 0.717) is 5.82 Å². The van der Waals surface area contributed by atoms with Gasteiger partial charge in [-0.25, -0.2) is 9.97 Å². The number of fused-ring (bicyclic) bond motifs is 1. The minimum Gasteiger partial charge on any atom is -0.383 e. The molecule has 1 aromatic carbocycles. The van der Waals surface area contributed by atoms with Gasteiger partial charge in [0.2, 0.25) is 0 Å². The second kappa shape index (κ2) is 4.29. The zero-order valence-corrected chi connectivity index (χ0v) is 10.4. The summed E-state index contributed by atoms with van der Waals surface area (Å²) in [5.41, 5.74) is 7.47. The lowest BCUT2D eigenvalue weighted by Gasteiger charge is -2.01. The summed E-state index contributed by atoms with van der Waals surface area (Å²) in [6.07, 6.45) is 1.41. The maximum Gasteiger partial charge on any atom is 0.270 e. The largest absolute Gasteiger partial charge is 0.383 e. The first-order valence-corrected chi connectivity index (χ1v) is 6.27. The summed E-state index contributed by atoms with van der Waals surface area (Å²) in [6.45, 7) is 0. The summed E-state index contributed by atoms with van der Waals surface area (Å²) in [5, 5.41) is 13.4. The van der Waals surface area contributed by atoms with Crippen LogP contribution in [0.15, 0.2) is 36.0 Å². The SMILES string of the molecule is Nc1ncnc2scc(-c3cccc([N+](=O)[O-])c3)c12. The van der Waals surface area contributed by atoms with Crippen molar-refractivity contribution in [2.75, 3.05) is 5.73 Å². The number of non-ortho nitro benzene ring substituents is 1. The molecule has 2 aromatic heterocycles. The Morgan fingerprint density at radius 2 is 2.16 bits per heavy atom. The Hall–Kier alpha value is -2.54. The van der Waals surface area contributed by atoms with Gasteiger partial charge in [0.1, 0.15) is 17.0 Å². The van der Waals surface area contributed by atoms with Gasteiger partial charge in [0.05, 0.1) is 10.3 Å². The van der Waals surface area contributed by atoms with Gasteiger partial charge < -0.3 is 5.73 Å². The Morgan fingerprint density at radius 3 is 2.95 bits per heavy atom. The molecule has 0 aliphatic heterocycles. The van der Waals surface area contributed by atoms with Gasteiger partial charge in [-0.15, -0.1) is 11.3 Å². The van der Waals surface area contributed by atoms with E-state index in [0.717, 1.165) is 21.3 Å². The molecule has 3 aromatic rings. The first kappa shape index (κ1) is 11.5. The van der Waals surface area contributed by atoms with E-state index < -0.39 is 4.92 Å². The van der Waals surface area contributed by atoms with Crippen molar-refractivity contribution in [3.8, 4) is 11.1 Å². The highest BCUT2D eigenvalue weighted by molar-refractivity contribution is 7.17. The van der Waals surface area contributed by atoms with Crippen LogP contribution in [-0.2, 0) is 0 Å². The van der Waals surface area contributed by atoms with E-state index in [1.807, 2.05) is 5.38 Å². The lowest BCUT2D eigenvalue weighted by Crippen LogP contribution is -1.92. The van der Waals surface area contributed by atoms with Crippen molar-refractivity contribution in [2.45, 2.75) is 0 Å². The number of rotatable bonds is 2. The molecule has 6 nitrogen and oxygen atoms in total. The monoisotopic (exact) mass is 272 g/mol. The average molecular weight is 272 g/mol. The molecule has 0 amide bonds. The maximum atomic E-state index is 10.8. The molecule has 0 unspecified atom stereocenters. The standard InChI is InChI=1S/C12H8N4O2S/c13-11-10-9(5-19-12(10)15-6-14-11)7-2-1-3-8(4-7)16(17)18/h1-6H,(H2,13,14,15). The molecular formula is C12H8N4O2S. The number of benzene rings is 1. The van der Waals surface area contributed by atoms with Gasteiger partial charge in [0.25, 0.3) is 5.69 Å². The molecule has 2 heterocycles. The van der Waals surface area contributed by atoms with Crippen LogP contribution < -0.4 is 5.73 Å². The fourth-order valence-corrected chi connectivity index (χ4v) is 2.82. The van der Waals surface area contributed by atoms with Crippen molar-refractivity contribution in [2.24, 2.45) is 0 Å². The molecule has 0 aliphatic rings. The number of nitro benzene ring substituents is 1. The summed E-state index contributed by atoms with van der Waals surface area (Å²) >= 11 is 1.44. The van der Waals surface area contributed by atoms with E-state index in [9.17, 15) is 10.1 Å². The van der Waals surface area contributed by atoms with Crippen molar-refractivity contribution >= 4 is 33.1 Å². The van der Waals surface area contributed by atoms with Gasteiger partial charge in [-0.3, -0.25) is 10.1 Å². The first-order chi connectivity index (χ1) is 9.16. The van der Waals surface area contributed by atoms with Crippen molar-refractivity contribution < 1.29 is 4.92 Å². The molecule has 0 radical (unpaired) electrons. The quantitative estimate of drug-likeness (QED) is 0.571. The fourth-order valence-electron chi connectivity index (χ4n) is 1.90. The highest BCUT2D eigenvalue weighted by Gasteiger charge is 2.13. The predicted molar refractivity (Wildman–Crippen MR) is 73.9 cm³/mol. The third-order valence-corrected chi connectivity index (χ3v) is 3.65. The van der Waals surface area contributed by atoms with Crippen molar-refractivity contribution in [3.05, 3.63) is 46.1 Å². The number of nitro groups is 1. The summed E-state index contributed by atoms with van der Waals surface area (Å²) in [5.74, 6) is 0.382. The lowest BCUT2D eigenvalue weighted by molar-refractivity contribution is -0.384. The Balaban J connectivity index is 2.25. The van der Waals surface area contributed by atoms with Crippen LogP contribution in [0.3, 0.4) is 0 Å². The van der Waals surface area contributed by atoms with Gasteiger partial charge >= 0.3 is 0 Å². The Kier molecular flexibility index (Phi) is 2.60. The van der Waals surface area contributed by atoms with E-state index in [1.54, 1.807) is 12.1 Å². The molecule has 7 heteroatoms. The van der Waals surface area contributed by atoms with Gasteiger partial charge in [0, 0.05) is 23.1 Å². The molecule has 0 fully saturated rings. The zero-order valence-electron chi connectivity index (χ0n) is 9.61. The van der Waals surface area contributed by atoms with E-state index in [1.165, 1.54) is 29.8 Å².